The maximum absolute atomic E-state index is 9.22. The monoisotopic (exact) mass is 142 g/mol. The topological polar surface area (TPSA) is 71.2 Å². The van der Waals surface area contributed by atoms with E-state index < -0.39 is 6.16 Å². The van der Waals surface area contributed by atoms with E-state index in [0.717, 1.165) is 0 Å². The third-order valence-electron chi connectivity index (χ3n) is 0.219. The summed E-state index contributed by atoms with van der Waals surface area (Å²) in [6.07, 6.45) is -2.75. The van der Waals surface area contributed by atoms with Crippen LogP contribution >= 0.6 is 0 Å². The zero-order valence-corrected chi connectivity index (χ0v) is 5.05. The summed E-state index contributed by atoms with van der Waals surface area (Å²) in [5, 5.41) is 18.4. The maximum Gasteiger partial charge on any atom is 2.00 e. The molecule has 0 amide bonds. The molecule has 1 fully saturated rings. The summed E-state index contributed by atoms with van der Waals surface area (Å²) in [5.74, 6) is 0. The van der Waals surface area contributed by atoms with Crippen molar-refractivity contribution in [2.75, 3.05) is 0 Å². The van der Waals surface area contributed by atoms with Crippen LogP contribution in [0.4, 0.5) is 0 Å². The fourth-order valence-electron chi connectivity index (χ4n) is 0.0340. The number of hydrogen-bond donors (Lipinski definition) is 0. The van der Waals surface area contributed by atoms with Crippen LogP contribution in [0.3, 0.4) is 0 Å². The molecule has 0 aliphatic carbocycles. The van der Waals surface area contributed by atoms with Crippen molar-refractivity contribution in [2.24, 2.45) is 0 Å². The summed E-state index contributed by atoms with van der Waals surface area (Å²) in [6.45, 7) is 0. The quantitative estimate of drug-likeness (QED) is 0.150. The van der Waals surface area contributed by atoms with Gasteiger partial charge in [0.05, 0.1) is 6.16 Å². The van der Waals surface area contributed by atoms with E-state index in [4.69, 9.17) is 0 Å². The number of hydrogen-bond acceptors (Lipinski definition) is 4. The van der Waals surface area contributed by atoms with Gasteiger partial charge in [-0.3, -0.25) is 0 Å². The van der Waals surface area contributed by atoms with Crippen LogP contribution in [0.2, 0.25) is 0 Å². The average molecular weight is 142 g/mol. The first-order valence-corrected chi connectivity index (χ1v) is 0.983. The minimum Gasteiger partial charge on any atom is -0.815 e. The summed E-state index contributed by atoms with van der Waals surface area (Å²) < 4.78 is 0. The second-order valence-electron chi connectivity index (χ2n) is 0.667. The normalized spacial score (nSPS) is 21.4. The third-order valence-corrected chi connectivity index (χ3v) is 0.219. The molecule has 1 heterocycles. The second kappa shape index (κ2) is 3.81. The van der Waals surface area contributed by atoms with E-state index in [9.17, 15) is 10.2 Å². The molecule has 4 nitrogen and oxygen atoms in total. The van der Waals surface area contributed by atoms with E-state index in [-0.39, 0.29) is 60.8 Å². The SMILES string of the molecule is [Ca+2].[MgH2].[O-]C1([O-])OO1. The Balaban J connectivity index is 0. The van der Waals surface area contributed by atoms with Gasteiger partial charge in [0.1, 0.15) is 0 Å². The zero-order valence-electron chi connectivity index (χ0n) is 2.84. The van der Waals surface area contributed by atoms with Crippen LogP contribution in [0.5, 0.6) is 0 Å². The molecule has 1 rings (SSSR count). The molecular formula is CH2CaMgO4. The smallest absolute Gasteiger partial charge is 0.815 e. The van der Waals surface area contributed by atoms with Gasteiger partial charge in [-0.25, -0.2) is 9.78 Å². The maximum atomic E-state index is 9.22. The fourth-order valence-corrected chi connectivity index (χ4v) is 0.0340. The number of rotatable bonds is 0. The van der Waals surface area contributed by atoms with Crippen molar-refractivity contribution in [3.05, 3.63) is 0 Å². The summed E-state index contributed by atoms with van der Waals surface area (Å²) in [4.78, 5) is 6.57. The van der Waals surface area contributed by atoms with Gasteiger partial charge < -0.3 is 10.2 Å². The van der Waals surface area contributed by atoms with Crippen LogP contribution < -0.4 is 10.2 Å². The minimum absolute atomic E-state index is 0. The Morgan fingerprint density at radius 2 is 1.29 bits per heavy atom. The molecule has 0 bridgehead atoms. The van der Waals surface area contributed by atoms with E-state index in [2.05, 4.69) is 9.78 Å². The molecule has 1 aliphatic heterocycles. The van der Waals surface area contributed by atoms with Crippen molar-refractivity contribution >= 4 is 60.8 Å². The Hall–Kier alpha value is 1.87. The van der Waals surface area contributed by atoms with Crippen LogP contribution in [0.1, 0.15) is 0 Å². The first-order chi connectivity index (χ1) is 2.21. The summed E-state index contributed by atoms with van der Waals surface area (Å²) in [5.41, 5.74) is 0. The van der Waals surface area contributed by atoms with Crippen LogP contribution in [0, 0.1) is 0 Å². The molecular weight excluding hydrogens is 140 g/mol. The zero-order chi connectivity index (χ0) is 3.91. The molecule has 7 heavy (non-hydrogen) atoms. The van der Waals surface area contributed by atoms with E-state index in [0.29, 0.717) is 0 Å². The molecule has 34 valence electrons. The molecule has 0 atom stereocenters. The Bertz CT molecular complexity index is 49.7. The molecule has 1 aliphatic rings. The van der Waals surface area contributed by atoms with Crippen molar-refractivity contribution in [2.45, 2.75) is 6.16 Å². The van der Waals surface area contributed by atoms with Gasteiger partial charge in [0.25, 0.3) is 0 Å². The molecule has 0 aromatic rings. The van der Waals surface area contributed by atoms with E-state index in [1.807, 2.05) is 0 Å². The first-order valence-electron chi connectivity index (χ1n) is 0.983. The summed E-state index contributed by atoms with van der Waals surface area (Å²) in [6, 6.07) is 0. The predicted molar refractivity (Wildman–Crippen MR) is 19.2 cm³/mol. The van der Waals surface area contributed by atoms with Crippen molar-refractivity contribution in [1.82, 2.24) is 0 Å². The van der Waals surface area contributed by atoms with E-state index in [1.54, 1.807) is 0 Å². The van der Waals surface area contributed by atoms with Gasteiger partial charge in [0.2, 0.25) is 0 Å². The van der Waals surface area contributed by atoms with Crippen LogP contribution in [-0.4, -0.2) is 67.0 Å². The molecule has 6 heteroatoms. The largest absolute Gasteiger partial charge is 2.00 e. The van der Waals surface area contributed by atoms with E-state index in [1.165, 1.54) is 0 Å². The van der Waals surface area contributed by atoms with Crippen LogP contribution in [-0.2, 0) is 9.78 Å². The van der Waals surface area contributed by atoms with Gasteiger partial charge in [-0.2, -0.15) is 0 Å². The Morgan fingerprint density at radius 1 is 1.14 bits per heavy atom. The average Bonchev–Trinajstić information content (AvgIpc) is 1.76. The Labute approximate surface area is 85.9 Å². The standard InChI is InChI=1S/CO4.Ca.Mg.2H/c2-1(3)4-5-1;;;;/q-2;+2;;;. The molecule has 0 aromatic heterocycles. The second-order valence-corrected chi connectivity index (χ2v) is 0.667. The minimum atomic E-state index is -2.75. The first kappa shape index (κ1) is 11.6. The molecule has 0 N–H and O–H groups in total. The Morgan fingerprint density at radius 3 is 1.29 bits per heavy atom. The van der Waals surface area contributed by atoms with E-state index >= 15 is 0 Å². The summed E-state index contributed by atoms with van der Waals surface area (Å²) in [7, 11) is 0. The van der Waals surface area contributed by atoms with Crippen molar-refractivity contribution in [1.29, 1.82) is 0 Å². The Kier molecular flexibility index (Phi) is 6.33. The van der Waals surface area contributed by atoms with Crippen molar-refractivity contribution < 1.29 is 20.0 Å². The van der Waals surface area contributed by atoms with Crippen LogP contribution in [0.25, 0.3) is 0 Å². The molecule has 0 aromatic carbocycles. The van der Waals surface area contributed by atoms with Gasteiger partial charge in [-0.05, 0) is 0 Å². The molecule has 0 unspecified atom stereocenters. The third kappa shape index (κ3) is 5.74. The predicted octanol–water partition coefficient (Wildman–Crippen LogP) is -4.02. The molecule has 1 saturated heterocycles. The molecule has 0 radical (unpaired) electrons. The van der Waals surface area contributed by atoms with Crippen molar-refractivity contribution in [3.63, 3.8) is 0 Å². The van der Waals surface area contributed by atoms with Crippen LogP contribution in [0.15, 0.2) is 0 Å². The fraction of sp³-hybridized carbons (Fsp3) is 1.00. The van der Waals surface area contributed by atoms with Crippen molar-refractivity contribution in [3.8, 4) is 0 Å². The van der Waals surface area contributed by atoms with Gasteiger partial charge in [-0.15, -0.1) is 0 Å². The molecule has 0 saturated carbocycles. The molecule has 0 spiro atoms. The van der Waals surface area contributed by atoms with Gasteiger partial charge in [-0.1, -0.05) is 0 Å². The van der Waals surface area contributed by atoms with Gasteiger partial charge >= 0.3 is 60.8 Å². The van der Waals surface area contributed by atoms with Gasteiger partial charge in [0, 0.05) is 0 Å². The summed E-state index contributed by atoms with van der Waals surface area (Å²) >= 11 is 0. The van der Waals surface area contributed by atoms with Gasteiger partial charge in [0.15, 0.2) is 0 Å².